The van der Waals surface area contributed by atoms with E-state index in [0.717, 1.165) is 30.3 Å². The van der Waals surface area contributed by atoms with Gasteiger partial charge in [-0.2, -0.15) is 13.2 Å². The fourth-order valence-corrected chi connectivity index (χ4v) is 2.56. The van der Waals surface area contributed by atoms with E-state index in [1.807, 2.05) is 0 Å². The van der Waals surface area contributed by atoms with Crippen LogP contribution in [0.5, 0.6) is 0 Å². The van der Waals surface area contributed by atoms with Crippen LogP contribution in [0, 0.1) is 11.6 Å². The van der Waals surface area contributed by atoms with Gasteiger partial charge in [-0.25, -0.2) is 8.78 Å². The summed E-state index contributed by atoms with van der Waals surface area (Å²) in [5.74, 6) is -1.99. The van der Waals surface area contributed by atoms with Crippen molar-refractivity contribution in [1.82, 2.24) is 5.32 Å². The van der Waals surface area contributed by atoms with Crippen LogP contribution in [-0.4, -0.2) is 17.7 Å². The molecule has 0 fully saturated rings. The Hall–Kier alpha value is -2.97. The molecule has 1 atom stereocenters. The standard InChI is InChI=1S/C18H13F5N2O2/c19-12-4-5-14(20)13(7-12)15-8-16(27-25-15)17(26)24-9-10-2-1-3-11(6-10)18(21,22)23/h1-7,16H,8-9H2,(H,24,26)/t16-/m1/s1. The third-order valence-corrected chi connectivity index (χ3v) is 3.92. The van der Waals surface area contributed by atoms with Crippen molar-refractivity contribution < 1.29 is 31.6 Å². The van der Waals surface area contributed by atoms with Crippen LogP contribution in [0.2, 0.25) is 0 Å². The van der Waals surface area contributed by atoms with E-state index >= 15 is 0 Å². The van der Waals surface area contributed by atoms with Crippen LogP contribution in [0.4, 0.5) is 22.0 Å². The van der Waals surface area contributed by atoms with Crippen LogP contribution in [0.15, 0.2) is 47.6 Å². The SMILES string of the molecule is O=C(NCc1cccc(C(F)(F)F)c1)[C@H]1CC(c2cc(F)ccc2F)=NO1. The minimum Gasteiger partial charge on any atom is -0.382 e. The first-order valence-corrected chi connectivity index (χ1v) is 7.86. The highest BCUT2D eigenvalue weighted by atomic mass is 19.4. The number of amides is 1. The van der Waals surface area contributed by atoms with Gasteiger partial charge in [-0.05, 0) is 35.9 Å². The fourth-order valence-electron chi connectivity index (χ4n) is 2.56. The summed E-state index contributed by atoms with van der Waals surface area (Å²) in [7, 11) is 0. The van der Waals surface area contributed by atoms with Crippen LogP contribution >= 0.6 is 0 Å². The summed E-state index contributed by atoms with van der Waals surface area (Å²) in [6, 6.07) is 7.38. The van der Waals surface area contributed by atoms with Crippen molar-refractivity contribution in [3.05, 3.63) is 70.8 Å². The topological polar surface area (TPSA) is 50.7 Å². The van der Waals surface area contributed by atoms with Crippen LogP contribution in [0.25, 0.3) is 0 Å². The van der Waals surface area contributed by atoms with Crippen molar-refractivity contribution in [3.63, 3.8) is 0 Å². The van der Waals surface area contributed by atoms with E-state index < -0.39 is 35.4 Å². The predicted molar refractivity (Wildman–Crippen MR) is 85.7 cm³/mol. The monoisotopic (exact) mass is 384 g/mol. The molecule has 0 unspecified atom stereocenters. The lowest BCUT2D eigenvalue weighted by Gasteiger charge is -2.11. The number of oxime groups is 1. The Morgan fingerprint density at radius 2 is 1.96 bits per heavy atom. The Balaban J connectivity index is 1.60. The van der Waals surface area contributed by atoms with Gasteiger partial charge in [0.05, 0.1) is 11.3 Å². The zero-order valence-corrected chi connectivity index (χ0v) is 13.7. The molecule has 3 rings (SSSR count). The molecule has 9 heteroatoms. The van der Waals surface area contributed by atoms with Crippen LogP contribution < -0.4 is 5.32 Å². The summed E-state index contributed by atoms with van der Waals surface area (Å²) < 4.78 is 65.1. The fraction of sp³-hybridized carbons (Fsp3) is 0.222. The number of hydrogen-bond donors (Lipinski definition) is 1. The summed E-state index contributed by atoms with van der Waals surface area (Å²) in [6.45, 7) is -0.147. The molecule has 0 aromatic heterocycles. The Labute approximate surface area is 150 Å². The van der Waals surface area contributed by atoms with Crippen molar-refractivity contribution in [2.75, 3.05) is 0 Å². The number of carbonyl (C=O) groups excluding carboxylic acids is 1. The van der Waals surface area contributed by atoms with Crippen LogP contribution in [0.1, 0.15) is 23.1 Å². The van der Waals surface area contributed by atoms with Crippen LogP contribution in [-0.2, 0) is 22.4 Å². The molecule has 142 valence electrons. The minimum atomic E-state index is -4.48. The zero-order chi connectivity index (χ0) is 19.6. The first-order chi connectivity index (χ1) is 12.7. The average Bonchev–Trinajstić information content (AvgIpc) is 3.11. The molecule has 0 radical (unpaired) electrons. The van der Waals surface area contributed by atoms with E-state index in [0.29, 0.717) is 0 Å². The first kappa shape index (κ1) is 18.8. The summed E-state index contributed by atoms with van der Waals surface area (Å²) in [4.78, 5) is 17.1. The Kier molecular flexibility index (Phi) is 5.11. The van der Waals surface area contributed by atoms with Gasteiger partial charge in [0.25, 0.3) is 5.91 Å². The molecule has 0 spiro atoms. The molecule has 1 amide bonds. The van der Waals surface area contributed by atoms with E-state index in [-0.39, 0.29) is 29.8 Å². The molecule has 0 saturated carbocycles. The number of nitrogens with one attached hydrogen (secondary N) is 1. The van der Waals surface area contributed by atoms with Gasteiger partial charge in [0.1, 0.15) is 11.6 Å². The van der Waals surface area contributed by atoms with Gasteiger partial charge in [0, 0.05) is 18.5 Å². The number of halogens is 5. The molecule has 0 bridgehead atoms. The van der Waals surface area contributed by atoms with Crippen molar-refractivity contribution in [1.29, 1.82) is 0 Å². The highest BCUT2D eigenvalue weighted by molar-refractivity contribution is 6.04. The maximum atomic E-state index is 13.8. The van der Waals surface area contributed by atoms with E-state index in [2.05, 4.69) is 10.5 Å². The largest absolute Gasteiger partial charge is 0.416 e. The van der Waals surface area contributed by atoms with Gasteiger partial charge in [0.2, 0.25) is 6.10 Å². The summed E-state index contributed by atoms with van der Waals surface area (Å²) in [6.07, 6.45) is -5.64. The molecule has 2 aromatic carbocycles. The number of carbonyl (C=O) groups is 1. The molecular formula is C18H13F5N2O2. The van der Waals surface area contributed by atoms with E-state index in [1.54, 1.807) is 0 Å². The van der Waals surface area contributed by atoms with Crippen molar-refractivity contribution >= 4 is 11.6 Å². The van der Waals surface area contributed by atoms with Gasteiger partial charge in [-0.1, -0.05) is 17.3 Å². The van der Waals surface area contributed by atoms with Crippen molar-refractivity contribution in [3.8, 4) is 0 Å². The molecule has 0 aliphatic carbocycles. The van der Waals surface area contributed by atoms with Gasteiger partial charge >= 0.3 is 6.18 Å². The summed E-state index contributed by atoms with van der Waals surface area (Å²) >= 11 is 0. The molecule has 1 heterocycles. The van der Waals surface area contributed by atoms with Gasteiger partial charge < -0.3 is 10.2 Å². The second kappa shape index (κ2) is 7.34. The van der Waals surface area contributed by atoms with Crippen molar-refractivity contribution in [2.45, 2.75) is 25.2 Å². The smallest absolute Gasteiger partial charge is 0.382 e. The Morgan fingerprint density at radius 3 is 2.70 bits per heavy atom. The zero-order valence-electron chi connectivity index (χ0n) is 13.7. The average molecular weight is 384 g/mol. The minimum absolute atomic E-state index is 0.0752. The number of alkyl halides is 3. The normalized spacial score (nSPS) is 16.6. The van der Waals surface area contributed by atoms with E-state index in [1.165, 1.54) is 12.1 Å². The third kappa shape index (κ3) is 4.42. The maximum absolute atomic E-state index is 13.8. The van der Waals surface area contributed by atoms with Crippen LogP contribution in [0.3, 0.4) is 0 Å². The molecule has 2 aromatic rings. The predicted octanol–water partition coefficient (Wildman–Crippen LogP) is 3.79. The highest BCUT2D eigenvalue weighted by Crippen LogP contribution is 2.29. The lowest BCUT2D eigenvalue weighted by molar-refractivity contribution is -0.137. The lowest BCUT2D eigenvalue weighted by atomic mass is 10.0. The van der Waals surface area contributed by atoms with Crippen molar-refractivity contribution in [2.24, 2.45) is 5.16 Å². The quantitative estimate of drug-likeness (QED) is 0.816. The molecule has 1 aliphatic heterocycles. The van der Waals surface area contributed by atoms with E-state index in [9.17, 15) is 26.7 Å². The molecule has 4 nitrogen and oxygen atoms in total. The van der Waals surface area contributed by atoms with Gasteiger partial charge in [0.15, 0.2) is 0 Å². The summed E-state index contributed by atoms with van der Waals surface area (Å²) in [5.41, 5.74) is -0.596. The lowest BCUT2D eigenvalue weighted by Crippen LogP contribution is -2.34. The Morgan fingerprint density at radius 1 is 1.19 bits per heavy atom. The highest BCUT2D eigenvalue weighted by Gasteiger charge is 2.31. The second-order valence-electron chi connectivity index (χ2n) is 5.88. The van der Waals surface area contributed by atoms with E-state index in [4.69, 9.17) is 4.84 Å². The first-order valence-electron chi connectivity index (χ1n) is 7.86. The summed E-state index contributed by atoms with van der Waals surface area (Å²) in [5, 5.41) is 6.06. The molecule has 1 aliphatic rings. The number of rotatable bonds is 4. The molecular weight excluding hydrogens is 371 g/mol. The number of hydrogen-bond acceptors (Lipinski definition) is 3. The molecule has 27 heavy (non-hydrogen) atoms. The number of benzene rings is 2. The third-order valence-electron chi connectivity index (χ3n) is 3.92. The Bertz CT molecular complexity index is 896. The maximum Gasteiger partial charge on any atom is 0.416 e. The van der Waals surface area contributed by atoms with Gasteiger partial charge in [-0.3, -0.25) is 4.79 Å². The molecule has 1 N–H and O–H groups in total. The number of nitrogens with zero attached hydrogens (tertiary/aromatic N) is 1. The second-order valence-corrected chi connectivity index (χ2v) is 5.88. The molecule has 0 saturated heterocycles. The van der Waals surface area contributed by atoms with Gasteiger partial charge in [-0.15, -0.1) is 0 Å².